The Morgan fingerprint density at radius 2 is 1.79 bits per heavy atom. The smallest absolute Gasteiger partial charge is 0.162 e. The minimum atomic E-state index is -0.448. The fourth-order valence-electron chi connectivity index (χ4n) is 1.68. The molecule has 0 bridgehead atoms. The summed E-state index contributed by atoms with van der Waals surface area (Å²) in [6.45, 7) is 1.83. The molecule has 4 heteroatoms. The van der Waals surface area contributed by atoms with Crippen LogP contribution in [0, 0.1) is 5.82 Å². The summed E-state index contributed by atoms with van der Waals surface area (Å²) in [6, 6.07) is 11.6. The van der Waals surface area contributed by atoms with E-state index in [4.69, 9.17) is 11.6 Å². The summed E-state index contributed by atoms with van der Waals surface area (Å²) in [7, 11) is 0. The number of rotatable bonds is 4. The monoisotopic (exact) mass is 277 g/mol. The van der Waals surface area contributed by atoms with Gasteiger partial charge >= 0.3 is 0 Å². The van der Waals surface area contributed by atoms with Gasteiger partial charge in [-0.25, -0.2) is 4.39 Å². The normalized spacial score (nSPS) is 10.3. The highest BCUT2D eigenvalue weighted by atomic mass is 35.5. The van der Waals surface area contributed by atoms with Gasteiger partial charge in [0.05, 0.1) is 5.02 Å². The zero-order valence-electron chi connectivity index (χ0n) is 10.4. The molecule has 2 aromatic rings. The summed E-state index contributed by atoms with van der Waals surface area (Å²) < 4.78 is 13.0. The van der Waals surface area contributed by atoms with Crippen LogP contribution in [0.2, 0.25) is 5.02 Å². The third kappa shape index (κ3) is 3.32. The van der Waals surface area contributed by atoms with E-state index in [9.17, 15) is 9.18 Å². The molecule has 0 spiro atoms. The van der Waals surface area contributed by atoms with E-state index in [0.29, 0.717) is 17.7 Å². The molecule has 98 valence electrons. The molecule has 2 nitrogen and oxygen atoms in total. The Bertz CT molecular complexity index is 596. The summed E-state index contributed by atoms with van der Waals surface area (Å²) >= 11 is 5.71. The number of carbonyl (C=O) groups excluding carboxylic acids is 1. The van der Waals surface area contributed by atoms with Crippen LogP contribution in [0.5, 0.6) is 0 Å². The Kier molecular flexibility index (Phi) is 4.17. The average molecular weight is 278 g/mol. The van der Waals surface area contributed by atoms with Crippen LogP contribution in [-0.2, 0) is 0 Å². The lowest BCUT2D eigenvalue weighted by Gasteiger charge is -2.07. The van der Waals surface area contributed by atoms with Gasteiger partial charge in [-0.05, 0) is 42.5 Å². The predicted molar refractivity (Wildman–Crippen MR) is 75.8 cm³/mol. The molecule has 0 heterocycles. The second kappa shape index (κ2) is 5.85. The SMILES string of the molecule is CCC(=O)c1ccc(Nc2ccc(F)c(Cl)c2)cc1. The highest BCUT2D eigenvalue weighted by Crippen LogP contribution is 2.23. The van der Waals surface area contributed by atoms with Gasteiger partial charge in [-0.2, -0.15) is 0 Å². The number of benzene rings is 2. The molecule has 0 fully saturated rings. The first-order valence-corrected chi connectivity index (χ1v) is 6.33. The predicted octanol–water partition coefficient (Wildman–Crippen LogP) is 4.82. The van der Waals surface area contributed by atoms with Crippen molar-refractivity contribution in [3.8, 4) is 0 Å². The van der Waals surface area contributed by atoms with Crippen molar-refractivity contribution in [2.24, 2.45) is 0 Å². The van der Waals surface area contributed by atoms with E-state index in [1.165, 1.54) is 12.1 Å². The fourth-order valence-corrected chi connectivity index (χ4v) is 1.86. The number of nitrogens with one attached hydrogen (secondary N) is 1. The van der Waals surface area contributed by atoms with Crippen LogP contribution < -0.4 is 5.32 Å². The second-order valence-electron chi connectivity index (χ2n) is 4.11. The first kappa shape index (κ1) is 13.6. The largest absolute Gasteiger partial charge is 0.355 e. The third-order valence-electron chi connectivity index (χ3n) is 2.74. The molecule has 0 radical (unpaired) electrons. The van der Waals surface area contributed by atoms with Gasteiger partial charge in [-0.15, -0.1) is 0 Å². The van der Waals surface area contributed by atoms with Crippen molar-refractivity contribution >= 4 is 28.8 Å². The molecular formula is C15H13ClFNO. The summed E-state index contributed by atoms with van der Waals surface area (Å²) in [5.41, 5.74) is 2.20. The third-order valence-corrected chi connectivity index (χ3v) is 3.03. The maximum absolute atomic E-state index is 13.0. The maximum atomic E-state index is 13.0. The van der Waals surface area contributed by atoms with E-state index in [2.05, 4.69) is 5.32 Å². The zero-order chi connectivity index (χ0) is 13.8. The van der Waals surface area contributed by atoms with E-state index in [1.54, 1.807) is 30.3 Å². The van der Waals surface area contributed by atoms with E-state index in [-0.39, 0.29) is 10.8 Å². The van der Waals surface area contributed by atoms with Gasteiger partial charge in [0.2, 0.25) is 0 Å². The Hall–Kier alpha value is -1.87. The molecule has 0 unspecified atom stereocenters. The van der Waals surface area contributed by atoms with Crippen molar-refractivity contribution in [2.45, 2.75) is 13.3 Å². The van der Waals surface area contributed by atoms with Crippen LogP contribution in [0.15, 0.2) is 42.5 Å². The number of Topliss-reactive ketones (excluding diaryl/α,β-unsaturated/α-hetero) is 1. The van der Waals surface area contributed by atoms with E-state index < -0.39 is 5.82 Å². The van der Waals surface area contributed by atoms with Crippen LogP contribution in [0.4, 0.5) is 15.8 Å². The van der Waals surface area contributed by atoms with Crippen molar-refractivity contribution in [1.82, 2.24) is 0 Å². The molecule has 0 saturated carbocycles. The summed E-state index contributed by atoms with van der Waals surface area (Å²) in [5.74, 6) is -0.340. The van der Waals surface area contributed by atoms with Crippen molar-refractivity contribution in [3.63, 3.8) is 0 Å². The molecular weight excluding hydrogens is 265 g/mol. The Balaban J connectivity index is 2.15. The van der Waals surface area contributed by atoms with Crippen LogP contribution in [0.3, 0.4) is 0 Å². The van der Waals surface area contributed by atoms with Gasteiger partial charge in [-0.3, -0.25) is 4.79 Å². The van der Waals surface area contributed by atoms with Crippen LogP contribution in [-0.4, -0.2) is 5.78 Å². The quantitative estimate of drug-likeness (QED) is 0.812. The van der Waals surface area contributed by atoms with Gasteiger partial charge in [0.1, 0.15) is 5.82 Å². The molecule has 0 saturated heterocycles. The van der Waals surface area contributed by atoms with E-state index >= 15 is 0 Å². The van der Waals surface area contributed by atoms with E-state index in [1.807, 2.05) is 6.92 Å². The second-order valence-corrected chi connectivity index (χ2v) is 4.52. The zero-order valence-corrected chi connectivity index (χ0v) is 11.2. The molecule has 1 N–H and O–H groups in total. The number of carbonyl (C=O) groups is 1. The minimum absolute atomic E-state index is 0.0720. The lowest BCUT2D eigenvalue weighted by atomic mass is 10.1. The average Bonchev–Trinajstić information content (AvgIpc) is 2.43. The number of hydrogen-bond donors (Lipinski definition) is 1. The number of anilines is 2. The maximum Gasteiger partial charge on any atom is 0.162 e. The van der Waals surface area contributed by atoms with Crippen LogP contribution in [0.25, 0.3) is 0 Å². The molecule has 2 rings (SSSR count). The number of halogens is 2. The Morgan fingerprint density at radius 1 is 1.16 bits per heavy atom. The highest BCUT2D eigenvalue weighted by Gasteiger charge is 2.04. The van der Waals surface area contributed by atoms with Gasteiger partial charge < -0.3 is 5.32 Å². The van der Waals surface area contributed by atoms with Crippen molar-refractivity contribution in [1.29, 1.82) is 0 Å². The van der Waals surface area contributed by atoms with Crippen molar-refractivity contribution in [3.05, 3.63) is 58.9 Å². The number of hydrogen-bond acceptors (Lipinski definition) is 2. The van der Waals surface area contributed by atoms with Gasteiger partial charge in [0.15, 0.2) is 5.78 Å². The van der Waals surface area contributed by atoms with Crippen molar-refractivity contribution < 1.29 is 9.18 Å². The molecule has 0 aliphatic rings. The van der Waals surface area contributed by atoms with Gasteiger partial charge in [0, 0.05) is 23.4 Å². The molecule has 19 heavy (non-hydrogen) atoms. The van der Waals surface area contributed by atoms with Crippen molar-refractivity contribution in [2.75, 3.05) is 5.32 Å². The van der Waals surface area contributed by atoms with Gasteiger partial charge in [-0.1, -0.05) is 18.5 Å². The molecule has 0 aliphatic carbocycles. The Labute approximate surface area is 116 Å². The molecule has 0 aromatic heterocycles. The molecule has 2 aromatic carbocycles. The summed E-state index contributed by atoms with van der Waals surface area (Å²) in [6.07, 6.45) is 0.486. The minimum Gasteiger partial charge on any atom is -0.355 e. The van der Waals surface area contributed by atoms with E-state index in [0.717, 1.165) is 5.69 Å². The standard InChI is InChI=1S/C15H13ClFNO/c1-2-15(19)10-3-5-11(6-4-10)18-12-7-8-14(17)13(16)9-12/h3-9,18H,2H2,1H3. The fraction of sp³-hybridized carbons (Fsp3) is 0.133. The highest BCUT2D eigenvalue weighted by molar-refractivity contribution is 6.31. The van der Waals surface area contributed by atoms with Crippen LogP contribution >= 0.6 is 11.6 Å². The van der Waals surface area contributed by atoms with Crippen LogP contribution in [0.1, 0.15) is 23.7 Å². The topological polar surface area (TPSA) is 29.1 Å². The van der Waals surface area contributed by atoms with Gasteiger partial charge in [0.25, 0.3) is 0 Å². The first-order valence-electron chi connectivity index (χ1n) is 5.95. The summed E-state index contributed by atoms with van der Waals surface area (Å²) in [4.78, 5) is 11.5. The lowest BCUT2D eigenvalue weighted by Crippen LogP contribution is -1.97. The first-order chi connectivity index (χ1) is 9.10. The lowest BCUT2D eigenvalue weighted by molar-refractivity contribution is 0.0988. The molecule has 0 aliphatic heterocycles. The Morgan fingerprint density at radius 3 is 2.37 bits per heavy atom. The molecule has 0 amide bonds. The number of ketones is 1. The summed E-state index contributed by atoms with van der Waals surface area (Å²) in [5, 5.41) is 3.17. The molecule has 0 atom stereocenters.